The molecule has 0 amide bonds. The Kier molecular flexibility index (Phi) is 5.43. The summed E-state index contributed by atoms with van der Waals surface area (Å²) >= 11 is 0. The third kappa shape index (κ3) is 4.10. The van der Waals surface area contributed by atoms with E-state index in [2.05, 4.69) is 30.0 Å². The van der Waals surface area contributed by atoms with E-state index >= 15 is 0 Å². The van der Waals surface area contributed by atoms with Crippen LogP contribution in [-0.4, -0.2) is 23.7 Å². The Morgan fingerprint density at radius 1 is 1.38 bits per heavy atom. The van der Waals surface area contributed by atoms with E-state index in [9.17, 15) is 4.79 Å². The van der Waals surface area contributed by atoms with E-state index in [1.807, 2.05) is 6.92 Å². The molecule has 1 heterocycles. The summed E-state index contributed by atoms with van der Waals surface area (Å²) in [5.74, 6) is -0.898. The van der Waals surface area contributed by atoms with Gasteiger partial charge in [0.1, 0.15) is 0 Å². The smallest absolute Gasteiger partial charge is 0.328 e. The SMILES string of the molecule is CCC1CCCCCN1c1ccc(C)cc1/C=C/C(=O)O. The van der Waals surface area contributed by atoms with Gasteiger partial charge in [0.2, 0.25) is 0 Å². The second-order valence-corrected chi connectivity index (χ2v) is 5.84. The van der Waals surface area contributed by atoms with Crippen molar-refractivity contribution >= 4 is 17.7 Å². The minimum Gasteiger partial charge on any atom is -0.478 e. The van der Waals surface area contributed by atoms with Crippen LogP contribution in [0.3, 0.4) is 0 Å². The van der Waals surface area contributed by atoms with Crippen LogP contribution < -0.4 is 4.90 Å². The number of anilines is 1. The number of carbonyl (C=O) groups is 1. The van der Waals surface area contributed by atoms with E-state index in [0.29, 0.717) is 6.04 Å². The highest BCUT2D eigenvalue weighted by Gasteiger charge is 2.21. The van der Waals surface area contributed by atoms with Crippen LogP contribution in [0, 0.1) is 6.92 Å². The maximum Gasteiger partial charge on any atom is 0.328 e. The molecule has 21 heavy (non-hydrogen) atoms. The number of hydrogen-bond acceptors (Lipinski definition) is 2. The normalized spacial score (nSPS) is 19.7. The Morgan fingerprint density at radius 3 is 2.90 bits per heavy atom. The first-order chi connectivity index (χ1) is 10.1. The number of rotatable bonds is 4. The van der Waals surface area contributed by atoms with Gasteiger partial charge in [-0.15, -0.1) is 0 Å². The highest BCUT2D eigenvalue weighted by atomic mass is 16.4. The van der Waals surface area contributed by atoms with Crippen molar-refractivity contribution in [2.75, 3.05) is 11.4 Å². The molecule has 1 aromatic rings. The molecule has 1 fully saturated rings. The summed E-state index contributed by atoms with van der Waals surface area (Å²) in [5, 5.41) is 8.89. The van der Waals surface area contributed by atoms with Crippen LogP contribution in [0.2, 0.25) is 0 Å². The number of aryl methyl sites for hydroxylation is 1. The molecule has 1 saturated heterocycles. The number of aliphatic carboxylic acids is 1. The van der Waals surface area contributed by atoms with Crippen LogP contribution >= 0.6 is 0 Å². The van der Waals surface area contributed by atoms with Crippen molar-refractivity contribution in [3.05, 3.63) is 35.4 Å². The molecular formula is C18H25NO2. The summed E-state index contributed by atoms with van der Waals surface area (Å²) in [5.41, 5.74) is 3.34. The van der Waals surface area contributed by atoms with Gasteiger partial charge in [0, 0.05) is 24.4 Å². The lowest BCUT2D eigenvalue weighted by atomic mass is 10.0. The molecule has 3 nitrogen and oxygen atoms in total. The first-order valence-electron chi connectivity index (χ1n) is 7.90. The number of hydrogen-bond donors (Lipinski definition) is 1. The first kappa shape index (κ1) is 15.6. The number of nitrogens with zero attached hydrogens (tertiary/aromatic N) is 1. The number of benzene rings is 1. The minimum absolute atomic E-state index is 0.562. The summed E-state index contributed by atoms with van der Waals surface area (Å²) in [4.78, 5) is 13.3. The molecule has 0 saturated carbocycles. The Balaban J connectivity index is 2.38. The number of carboxylic acid groups (broad SMARTS) is 1. The van der Waals surface area contributed by atoms with Crippen LogP contribution in [-0.2, 0) is 4.79 Å². The second-order valence-electron chi connectivity index (χ2n) is 5.84. The monoisotopic (exact) mass is 287 g/mol. The van der Waals surface area contributed by atoms with Gasteiger partial charge in [-0.3, -0.25) is 0 Å². The average molecular weight is 287 g/mol. The fourth-order valence-electron chi connectivity index (χ4n) is 3.15. The van der Waals surface area contributed by atoms with Crippen molar-refractivity contribution in [3.8, 4) is 0 Å². The lowest BCUT2D eigenvalue weighted by Crippen LogP contribution is -2.34. The topological polar surface area (TPSA) is 40.5 Å². The molecule has 0 spiro atoms. The lowest BCUT2D eigenvalue weighted by molar-refractivity contribution is -0.131. The Hall–Kier alpha value is -1.77. The van der Waals surface area contributed by atoms with Crippen LogP contribution in [0.5, 0.6) is 0 Å². The molecule has 114 valence electrons. The Labute approximate surface area is 127 Å². The van der Waals surface area contributed by atoms with E-state index in [-0.39, 0.29) is 0 Å². The van der Waals surface area contributed by atoms with Gasteiger partial charge in [-0.2, -0.15) is 0 Å². The highest BCUT2D eigenvalue weighted by Crippen LogP contribution is 2.30. The summed E-state index contributed by atoms with van der Waals surface area (Å²) in [6.45, 7) is 5.35. The quantitative estimate of drug-likeness (QED) is 0.841. The largest absolute Gasteiger partial charge is 0.478 e. The Morgan fingerprint density at radius 2 is 2.19 bits per heavy atom. The zero-order chi connectivity index (χ0) is 15.2. The second kappa shape index (κ2) is 7.30. The van der Waals surface area contributed by atoms with Crippen LogP contribution in [0.15, 0.2) is 24.3 Å². The van der Waals surface area contributed by atoms with Crippen molar-refractivity contribution in [2.45, 2.75) is 52.0 Å². The van der Waals surface area contributed by atoms with E-state index in [0.717, 1.165) is 24.1 Å². The molecule has 0 aliphatic carbocycles. The van der Waals surface area contributed by atoms with E-state index in [1.54, 1.807) is 6.08 Å². The number of carboxylic acids is 1. The van der Waals surface area contributed by atoms with Crippen molar-refractivity contribution in [3.63, 3.8) is 0 Å². The van der Waals surface area contributed by atoms with Gasteiger partial charge >= 0.3 is 5.97 Å². The molecule has 1 atom stereocenters. The maximum atomic E-state index is 10.8. The van der Waals surface area contributed by atoms with Gasteiger partial charge in [0.05, 0.1) is 0 Å². The molecule has 1 unspecified atom stereocenters. The first-order valence-corrected chi connectivity index (χ1v) is 7.90. The molecular weight excluding hydrogens is 262 g/mol. The molecule has 1 aliphatic heterocycles. The summed E-state index contributed by atoms with van der Waals surface area (Å²) < 4.78 is 0. The van der Waals surface area contributed by atoms with Crippen molar-refractivity contribution in [1.29, 1.82) is 0 Å². The fraction of sp³-hybridized carbons (Fsp3) is 0.500. The van der Waals surface area contributed by atoms with Crippen LogP contribution in [0.1, 0.15) is 50.2 Å². The molecule has 0 aromatic heterocycles. The van der Waals surface area contributed by atoms with Crippen LogP contribution in [0.25, 0.3) is 6.08 Å². The molecule has 1 aromatic carbocycles. The summed E-state index contributed by atoms with van der Waals surface area (Å²) in [6.07, 6.45) is 9.12. The molecule has 0 bridgehead atoms. The average Bonchev–Trinajstić information content (AvgIpc) is 2.70. The van der Waals surface area contributed by atoms with Gasteiger partial charge in [-0.25, -0.2) is 4.79 Å². The third-order valence-electron chi connectivity index (χ3n) is 4.25. The van der Waals surface area contributed by atoms with Gasteiger partial charge in [-0.05, 0) is 50.0 Å². The third-order valence-corrected chi connectivity index (χ3v) is 4.25. The minimum atomic E-state index is -0.898. The summed E-state index contributed by atoms with van der Waals surface area (Å²) in [7, 11) is 0. The molecule has 2 rings (SSSR count). The zero-order valence-corrected chi connectivity index (χ0v) is 13.0. The van der Waals surface area contributed by atoms with Gasteiger partial charge in [0.15, 0.2) is 0 Å². The highest BCUT2D eigenvalue weighted by molar-refractivity contribution is 5.87. The standard InChI is InChI=1S/C18H25NO2/c1-3-16-7-5-4-6-12-19(16)17-10-8-14(2)13-15(17)9-11-18(20)21/h8-11,13,16H,3-7,12H2,1-2H3,(H,20,21)/b11-9+. The van der Waals surface area contributed by atoms with E-state index in [4.69, 9.17) is 5.11 Å². The predicted molar refractivity (Wildman–Crippen MR) is 87.7 cm³/mol. The maximum absolute atomic E-state index is 10.8. The van der Waals surface area contributed by atoms with Crippen molar-refractivity contribution in [1.82, 2.24) is 0 Å². The van der Waals surface area contributed by atoms with Crippen molar-refractivity contribution < 1.29 is 9.90 Å². The van der Waals surface area contributed by atoms with E-state index < -0.39 is 5.97 Å². The molecule has 3 heteroatoms. The fourth-order valence-corrected chi connectivity index (χ4v) is 3.15. The molecule has 1 aliphatic rings. The predicted octanol–water partition coefficient (Wildman–Crippen LogP) is 4.25. The lowest BCUT2D eigenvalue weighted by Gasteiger charge is -2.33. The van der Waals surface area contributed by atoms with Crippen LogP contribution in [0.4, 0.5) is 5.69 Å². The summed E-state index contributed by atoms with van der Waals surface area (Å²) in [6, 6.07) is 6.90. The molecule has 0 radical (unpaired) electrons. The zero-order valence-electron chi connectivity index (χ0n) is 13.0. The van der Waals surface area contributed by atoms with E-state index in [1.165, 1.54) is 37.4 Å². The molecule has 1 N–H and O–H groups in total. The Bertz CT molecular complexity index is 522. The van der Waals surface area contributed by atoms with Gasteiger partial charge < -0.3 is 10.0 Å². The van der Waals surface area contributed by atoms with Gasteiger partial charge in [-0.1, -0.05) is 31.4 Å². The van der Waals surface area contributed by atoms with Gasteiger partial charge in [0.25, 0.3) is 0 Å². The van der Waals surface area contributed by atoms with Crippen molar-refractivity contribution in [2.24, 2.45) is 0 Å².